The van der Waals surface area contributed by atoms with E-state index in [0.29, 0.717) is 5.92 Å². The molecule has 4 heteroatoms. The van der Waals surface area contributed by atoms with Gasteiger partial charge in [0.15, 0.2) is 0 Å². The van der Waals surface area contributed by atoms with Crippen molar-refractivity contribution in [1.82, 2.24) is 4.98 Å². The Hall–Kier alpha value is -2.10. The molecule has 1 heterocycles. The molecule has 0 radical (unpaired) electrons. The predicted octanol–water partition coefficient (Wildman–Crippen LogP) is 3.39. The number of rotatable bonds is 6. The number of nitrogens with two attached hydrogens (primary N) is 1. The Morgan fingerprint density at radius 2 is 2.05 bits per heavy atom. The first-order valence-electron chi connectivity index (χ1n) is 7.55. The van der Waals surface area contributed by atoms with E-state index < -0.39 is 0 Å². The van der Waals surface area contributed by atoms with Gasteiger partial charge in [-0.1, -0.05) is 38.5 Å². The van der Waals surface area contributed by atoms with E-state index in [4.69, 9.17) is 16.1 Å². The van der Waals surface area contributed by atoms with Crippen LogP contribution in [0.4, 0.5) is 5.82 Å². The van der Waals surface area contributed by atoms with E-state index in [9.17, 15) is 0 Å². The van der Waals surface area contributed by atoms with Crippen LogP contribution in [0, 0.1) is 11.3 Å². The lowest BCUT2D eigenvalue weighted by atomic mass is 10.1. The zero-order chi connectivity index (χ0) is 15.4. The second-order valence-corrected chi connectivity index (χ2v) is 5.51. The number of benzene rings is 1. The molecular weight excluding hydrogens is 260 g/mol. The van der Waals surface area contributed by atoms with Crippen molar-refractivity contribution >= 4 is 22.6 Å². The van der Waals surface area contributed by atoms with Crippen LogP contribution in [0.5, 0.6) is 0 Å². The maximum atomic E-state index is 7.82. The fraction of sp³-hybridized carbons (Fsp3) is 0.412. The van der Waals surface area contributed by atoms with E-state index in [2.05, 4.69) is 25.7 Å². The minimum atomic E-state index is 0.0921. The number of nitrogen functional groups attached to an aromatic ring is 1. The maximum absolute atomic E-state index is 7.82. The summed E-state index contributed by atoms with van der Waals surface area (Å²) in [6.45, 7) is 8.44. The zero-order valence-electron chi connectivity index (χ0n) is 13.1. The monoisotopic (exact) mass is 284 g/mol. The van der Waals surface area contributed by atoms with Crippen molar-refractivity contribution in [2.75, 3.05) is 18.0 Å². The van der Waals surface area contributed by atoms with Gasteiger partial charge in [0.05, 0.1) is 5.52 Å². The molecule has 2 aromatic rings. The molecule has 0 spiro atoms. The molecule has 1 aromatic carbocycles. The highest BCUT2D eigenvalue weighted by atomic mass is 15.2. The highest BCUT2D eigenvalue weighted by molar-refractivity contribution is 6.07. The molecule has 1 unspecified atom stereocenters. The number of nitrogens with zero attached hydrogens (tertiary/aromatic N) is 2. The lowest BCUT2D eigenvalue weighted by Gasteiger charge is -2.26. The minimum Gasteiger partial charge on any atom is -0.384 e. The molecule has 1 aromatic heterocycles. The van der Waals surface area contributed by atoms with Gasteiger partial charge in [-0.25, -0.2) is 4.98 Å². The van der Waals surface area contributed by atoms with Crippen molar-refractivity contribution in [1.29, 1.82) is 5.41 Å². The van der Waals surface area contributed by atoms with Gasteiger partial charge in [0.25, 0.3) is 0 Å². The molecule has 2 rings (SSSR count). The summed E-state index contributed by atoms with van der Waals surface area (Å²) in [7, 11) is 0. The maximum Gasteiger partial charge on any atom is 0.129 e. The van der Waals surface area contributed by atoms with Crippen LogP contribution in [0.1, 0.15) is 32.8 Å². The van der Waals surface area contributed by atoms with Crippen LogP contribution in [0.15, 0.2) is 30.3 Å². The van der Waals surface area contributed by atoms with Crippen molar-refractivity contribution in [3.8, 4) is 0 Å². The topological polar surface area (TPSA) is 66.0 Å². The van der Waals surface area contributed by atoms with Crippen LogP contribution in [0.3, 0.4) is 0 Å². The van der Waals surface area contributed by atoms with Gasteiger partial charge in [-0.15, -0.1) is 0 Å². The molecule has 0 fully saturated rings. The second-order valence-electron chi connectivity index (χ2n) is 5.51. The van der Waals surface area contributed by atoms with Gasteiger partial charge in [0.1, 0.15) is 11.7 Å². The van der Waals surface area contributed by atoms with Crippen molar-refractivity contribution in [3.05, 3.63) is 35.9 Å². The molecule has 0 aliphatic rings. The Labute approximate surface area is 126 Å². The van der Waals surface area contributed by atoms with Crippen LogP contribution < -0.4 is 10.6 Å². The molecule has 0 aliphatic carbocycles. The molecule has 4 nitrogen and oxygen atoms in total. The van der Waals surface area contributed by atoms with E-state index >= 15 is 0 Å². The van der Waals surface area contributed by atoms with Gasteiger partial charge in [-0.05, 0) is 25.0 Å². The molecule has 0 saturated carbocycles. The van der Waals surface area contributed by atoms with Gasteiger partial charge in [0.2, 0.25) is 0 Å². The van der Waals surface area contributed by atoms with E-state index in [1.807, 2.05) is 30.3 Å². The Kier molecular flexibility index (Phi) is 4.78. The second kappa shape index (κ2) is 6.57. The standard InChI is InChI=1S/C17H24N4/c1-4-12(3)11-21(5-2)16-10-14(17(18)19)13-8-6-7-9-15(13)20-16/h6-10,12H,4-5,11H2,1-3H3,(H3,18,19). The highest BCUT2D eigenvalue weighted by Gasteiger charge is 2.14. The van der Waals surface area contributed by atoms with Crippen LogP contribution >= 0.6 is 0 Å². The van der Waals surface area contributed by atoms with E-state index in [-0.39, 0.29) is 5.84 Å². The van der Waals surface area contributed by atoms with Crippen LogP contribution in [0.2, 0.25) is 0 Å². The van der Waals surface area contributed by atoms with E-state index in [1.165, 1.54) is 0 Å². The van der Waals surface area contributed by atoms with Crippen molar-refractivity contribution < 1.29 is 0 Å². The Morgan fingerprint density at radius 1 is 1.33 bits per heavy atom. The van der Waals surface area contributed by atoms with Crippen LogP contribution in [-0.4, -0.2) is 23.9 Å². The predicted molar refractivity (Wildman–Crippen MR) is 90.1 cm³/mol. The Balaban J connectivity index is 2.50. The van der Waals surface area contributed by atoms with Crippen molar-refractivity contribution in [3.63, 3.8) is 0 Å². The van der Waals surface area contributed by atoms with Gasteiger partial charge in [-0.3, -0.25) is 5.41 Å². The number of amidine groups is 1. The minimum absolute atomic E-state index is 0.0921. The summed E-state index contributed by atoms with van der Waals surface area (Å²) < 4.78 is 0. The fourth-order valence-electron chi connectivity index (χ4n) is 2.44. The summed E-state index contributed by atoms with van der Waals surface area (Å²) in [5.74, 6) is 1.61. The molecule has 0 saturated heterocycles. The summed E-state index contributed by atoms with van der Waals surface area (Å²) in [4.78, 5) is 7.01. The number of pyridine rings is 1. The molecule has 112 valence electrons. The van der Waals surface area contributed by atoms with Crippen molar-refractivity contribution in [2.45, 2.75) is 27.2 Å². The lowest BCUT2D eigenvalue weighted by Crippen LogP contribution is -2.29. The fourth-order valence-corrected chi connectivity index (χ4v) is 2.44. The van der Waals surface area contributed by atoms with Crippen molar-refractivity contribution in [2.24, 2.45) is 11.7 Å². The summed E-state index contributed by atoms with van der Waals surface area (Å²) in [6.07, 6.45) is 1.14. The highest BCUT2D eigenvalue weighted by Crippen LogP contribution is 2.23. The lowest BCUT2D eigenvalue weighted by molar-refractivity contribution is 0.546. The SMILES string of the molecule is CCC(C)CN(CC)c1cc(C(=N)N)c2ccccc2n1. The summed E-state index contributed by atoms with van der Waals surface area (Å²) in [5.41, 5.74) is 7.41. The summed E-state index contributed by atoms with van der Waals surface area (Å²) in [5, 5.41) is 8.76. The smallest absolute Gasteiger partial charge is 0.129 e. The third kappa shape index (κ3) is 3.32. The molecule has 1 atom stereocenters. The van der Waals surface area contributed by atoms with Gasteiger partial charge in [-0.2, -0.15) is 0 Å². The first kappa shape index (κ1) is 15.3. The number of hydrogen-bond donors (Lipinski definition) is 2. The van der Waals surface area contributed by atoms with Gasteiger partial charge in [0, 0.05) is 24.0 Å². The third-order valence-corrected chi connectivity index (χ3v) is 3.93. The number of hydrogen-bond acceptors (Lipinski definition) is 3. The molecule has 3 N–H and O–H groups in total. The normalized spacial score (nSPS) is 12.3. The Bertz CT molecular complexity index is 636. The number of aromatic nitrogens is 1. The largest absolute Gasteiger partial charge is 0.384 e. The molecule has 21 heavy (non-hydrogen) atoms. The number of anilines is 1. The first-order chi connectivity index (χ1) is 10.1. The van der Waals surface area contributed by atoms with Crippen LogP contribution in [0.25, 0.3) is 10.9 Å². The van der Waals surface area contributed by atoms with E-state index in [1.54, 1.807) is 0 Å². The number of para-hydroxylation sites is 1. The average molecular weight is 284 g/mol. The summed E-state index contributed by atoms with van der Waals surface area (Å²) in [6, 6.07) is 9.80. The molecule has 0 aliphatic heterocycles. The number of nitrogens with one attached hydrogen (secondary N) is 1. The number of fused-ring (bicyclic) bond motifs is 1. The molecular formula is C17H24N4. The summed E-state index contributed by atoms with van der Waals surface area (Å²) >= 11 is 0. The van der Waals surface area contributed by atoms with Gasteiger partial charge >= 0.3 is 0 Å². The zero-order valence-corrected chi connectivity index (χ0v) is 13.1. The third-order valence-electron chi connectivity index (χ3n) is 3.93. The molecule has 0 amide bonds. The first-order valence-corrected chi connectivity index (χ1v) is 7.55. The van der Waals surface area contributed by atoms with Crippen LogP contribution in [-0.2, 0) is 0 Å². The Morgan fingerprint density at radius 3 is 2.67 bits per heavy atom. The van der Waals surface area contributed by atoms with Gasteiger partial charge < -0.3 is 10.6 Å². The van der Waals surface area contributed by atoms with E-state index in [0.717, 1.165) is 41.8 Å². The average Bonchev–Trinajstić information content (AvgIpc) is 2.50. The molecule has 0 bridgehead atoms. The quantitative estimate of drug-likeness (QED) is 0.631.